The molecule has 3 N–H and O–H groups in total. The fourth-order valence-electron chi connectivity index (χ4n) is 2.62. The first kappa shape index (κ1) is 13.8. The Hall–Kier alpha value is -1.61. The number of imidazole rings is 1. The van der Waals surface area contributed by atoms with Crippen molar-refractivity contribution < 1.29 is 0 Å². The van der Waals surface area contributed by atoms with Crippen LogP contribution >= 0.6 is 0 Å². The van der Waals surface area contributed by atoms with Crippen molar-refractivity contribution in [3.63, 3.8) is 0 Å². The molecule has 1 aromatic carbocycles. The lowest BCUT2D eigenvalue weighted by molar-refractivity contribution is 0.505. The molecule has 0 fully saturated rings. The van der Waals surface area contributed by atoms with Gasteiger partial charge in [-0.2, -0.15) is 0 Å². The number of benzene rings is 1. The van der Waals surface area contributed by atoms with Crippen LogP contribution in [0.15, 0.2) is 18.3 Å². The topological polar surface area (TPSA) is 54.7 Å². The number of nitrogens with zero attached hydrogens (tertiary/aromatic N) is 1. The number of aryl methyl sites for hydroxylation is 3. The number of H-pyrrole nitrogens is 1. The van der Waals surface area contributed by atoms with Gasteiger partial charge in [0.1, 0.15) is 5.82 Å². The van der Waals surface area contributed by atoms with E-state index in [2.05, 4.69) is 42.9 Å². The number of aromatic nitrogens is 2. The number of rotatable bonds is 3. The average molecular weight is 257 g/mol. The van der Waals surface area contributed by atoms with E-state index in [4.69, 9.17) is 5.73 Å². The summed E-state index contributed by atoms with van der Waals surface area (Å²) < 4.78 is 0. The Balaban J connectivity index is 2.39. The van der Waals surface area contributed by atoms with Crippen molar-refractivity contribution in [2.75, 3.05) is 0 Å². The molecule has 2 aromatic rings. The Kier molecular flexibility index (Phi) is 3.50. The molecule has 3 nitrogen and oxygen atoms in total. The molecule has 1 heterocycles. The van der Waals surface area contributed by atoms with Crippen molar-refractivity contribution in [2.24, 2.45) is 5.73 Å². The predicted molar refractivity (Wildman–Crippen MR) is 80.2 cm³/mol. The van der Waals surface area contributed by atoms with E-state index in [0.29, 0.717) is 0 Å². The van der Waals surface area contributed by atoms with Gasteiger partial charge in [0.05, 0.1) is 11.9 Å². The summed E-state index contributed by atoms with van der Waals surface area (Å²) in [6, 6.07) is 4.41. The standard InChI is InChI=1S/C16H23N3/c1-10-6-11(2)15(12(3)7-10)13-9-18-14(19-13)8-16(4,5)17/h6-7,9H,8,17H2,1-5H3,(H,18,19). The smallest absolute Gasteiger partial charge is 0.108 e. The average Bonchev–Trinajstić information content (AvgIpc) is 2.61. The summed E-state index contributed by atoms with van der Waals surface area (Å²) in [5, 5.41) is 0. The van der Waals surface area contributed by atoms with E-state index < -0.39 is 0 Å². The molecule has 19 heavy (non-hydrogen) atoms. The molecule has 0 bridgehead atoms. The van der Waals surface area contributed by atoms with Gasteiger partial charge >= 0.3 is 0 Å². The minimum Gasteiger partial charge on any atom is -0.342 e. The second kappa shape index (κ2) is 4.82. The predicted octanol–water partition coefficient (Wildman–Crippen LogP) is 3.28. The molecule has 3 heteroatoms. The zero-order valence-electron chi connectivity index (χ0n) is 12.5. The van der Waals surface area contributed by atoms with Crippen molar-refractivity contribution in [1.82, 2.24) is 9.97 Å². The van der Waals surface area contributed by atoms with E-state index in [9.17, 15) is 0 Å². The Morgan fingerprint density at radius 2 is 1.74 bits per heavy atom. The van der Waals surface area contributed by atoms with Gasteiger partial charge in [-0.3, -0.25) is 0 Å². The molecule has 0 saturated heterocycles. The summed E-state index contributed by atoms with van der Waals surface area (Å²) in [5.41, 5.74) is 12.0. The van der Waals surface area contributed by atoms with Crippen LogP contribution in [-0.2, 0) is 6.42 Å². The van der Waals surface area contributed by atoms with Crippen LogP contribution < -0.4 is 5.73 Å². The first-order chi connectivity index (χ1) is 8.76. The van der Waals surface area contributed by atoms with Crippen LogP contribution in [0.2, 0.25) is 0 Å². The normalized spacial score (nSPS) is 11.9. The summed E-state index contributed by atoms with van der Waals surface area (Å²) >= 11 is 0. The van der Waals surface area contributed by atoms with E-state index in [-0.39, 0.29) is 5.54 Å². The third kappa shape index (κ3) is 3.24. The third-order valence-corrected chi connectivity index (χ3v) is 3.20. The Morgan fingerprint density at radius 1 is 1.16 bits per heavy atom. The van der Waals surface area contributed by atoms with Crippen LogP contribution in [0.3, 0.4) is 0 Å². The van der Waals surface area contributed by atoms with Crippen molar-refractivity contribution in [3.05, 3.63) is 40.8 Å². The minimum atomic E-state index is -0.244. The summed E-state index contributed by atoms with van der Waals surface area (Å²) in [7, 11) is 0. The highest BCUT2D eigenvalue weighted by Crippen LogP contribution is 2.27. The Labute approximate surface area is 115 Å². The van der Waals surface area contributed by atoms with E-state index >= 15 is 0 Å². The molecular weight excluding hydrogens is 234 g/mol. The monoisotopic (exact) mass is 257 g/mol. The molecule has 0 aliphatic rings. The fraction of sp³-hybridized carbons (Fsp3) is 0.438. The molecule has 0 spiro atoms. The van der Waals surface area contributed by atoms with Crippen molar-refractivity contribution >= 4 is 0 Å². The molecule has 0 amide bonds. The van der Waals surface area contributed by atoms with Gasteiger partial charge in [-0.05, 0) is 45.7 Å². The molecular formula is C16H23N3. The van der Waals surface area contributed by atoms with Crippen molar-refractivity contribution in [1.29, 1.82) is 0 Å². The zero-order valence-corrected chi connectivity index (χ0v) is 12.5. The third-order valence-electron chi connectivity index (χ3n) is 3.20. The highest BCUT2D eigenvalue weighted by molar-refractivity contribution is 5.67. The number of nitrogens with two attached hydrogens (primary N) is 1. The van der Waals surface area contributed by atoms with Crippen molar-refractivity contribution in [3.8, 4) is 11.3 Å². The second-order valence-corrected chi connectivity index (χ2v) is 6.18. The summed E-state index contributed by atoms with van der Waals surface area (Å²) in [5.74, 6) is 0.946. The summed E-state index contributed by atoms with van der Waals surface area (Å²) in [6.07, 6.45) is 2.66. The Bertz CT molecular complexity index is 565. The van der Waals surface area contributed by atoms with Gasteiger partial charge in [0, 0.05) is 17.5 Å². The summed E-state index contributed by atoms with van der Waals surface area (Å²) in [6.45, 7) is 10.4. The molecule has 1 aromatic heterocycles. The van der Waals surface area contributed by atoms with Gasteiger partial charge in [0.15, 0.2) is 0 Å². The lowest BCUT2D eigenvalue weighted by atomic mass is 9.98. The first-order valence-electron chi connectivity index (χ1n) is 6.67. The van der Waals surface area contributed by atoms with Crippen LogP contribution in [0.4, 0.5) is 0 Å². The summed E-state index contributed by atoms with van der Waals surface area (Å²) in [4.78, 5) is 7.84. The first-order valence-corrected chi connectivity index (χ1v) is 6.67. The molecule has 0 radical (unpaired) electrons. The molecule has 0 aliphatic carbocycles. The largest absolute Gasteiger partial charge is 0.342 e. The molecule has 0 unspecified atom stereocenters. The lowest BCUT2D eigenvalue weighted by Gasteiger charge is -2.16. The van der Waals surface area contributed by atoms with Gasteiger partial charge in [-0.15, -0.1) is 0 Å². The fourth-order valence-corrected chi connectivity index (χ4v) is 2.62. The van der Waals surface area contributed by atoms with Crippen molar-refractivity contribution in [2.45, 2.75) is 46.6 Å². The van der Waals surface area contributed by atoms with Gasteiger partial charge in [-0.25, -0.2) is 4.98 Å². The van der Waals surface area contributed by atoms with E-state index in [1.165, 1.54) is 22.3 Å². The number of hydrogen-bond acceptors (Lipinski definition) is 2. The Morgan fingerprint density at radius 3 is 2.26 bits per heavy atom. The number of aromatic amines is 1. The van der Waals surface area contributed by atoms with E-state index in [0.717, 1.165) is 17.9 Å². The van der Waals surface area contributed by atoms with Crippen LogP contribution in [0.1, 0.15) is 36.4 Å². The van der Waals surface area contributed by atoms with Crippen LogP contribution in [0.5, 0.6) is 0 Å². The highest BCUT2D eigenvalue weighted by atomic mass is 14.9. The van der Waals surface area contributed by atoms with Crippen LogP contribution in [-0.4, -0.2) is 15.5 Å². The maximum atomic E-state index is 6.04. The zero-order chi connectivity index (χ0) is 14.2. The van der Waals surface area contributed by atoms with Crippen LogP contribution in [0.25, 0.3) is 11.3 Å². The maximum absolute atomic E-state index is 6.04. The van der Waals surface area contributed by atoms with Gasteiger partial charge in [0.2, 0.25) is 0 Å². The van der Waals surface area contributed by atoms with E-state index in [1.807, 2.05) is 20.0 Å². The SMILES string of the molecule is Cc1cc(C)c(-c2cnc(CC(C)(C)N)[nH]2)c(C)c1. The van der Waals surface area contributed by atoms with Gasteiger partial charge < -0.3 is 10.7 Å². The number of nitrogens with one attached hydrogen (secondary N) is 1. The second-order valence-electron chi connectivity index (χ2n) is 6.18. The highest BCUT2D eigenvalue weighted by Gasteiger charge is 2.15. The van der Waals surface area contributed by atoms with E-state index in [1.54, 1.807) is 0 Å². The number of hydrogen-bond donors (Lipinski definition) is 2. The molecule has 0 atom stereocenters. The minimum absolute atomic E-state index is 0.244. The van der Waals surface area contributed by atoms with Gasteiger partial charge in [0.25, 0.3) is 0 Å². The van der Waals surface area contributed by atoms with Gasteiger partial charge in [-0.1, -0.05) is 17.7 Å². The quantitative estimate of drug-likeness (QED) is 0.886. The molecule has 0 aliphatic heterocycles. The lowest BCUT2D eigenvalue weighted by Crippen LogP contribution is -2.34. The maximum Gasteiger partial charge on any atom is 0.108 e. The molecule has 0 saturated carbocycles. The molecule has 102 valence electrons. The molecule has 2 rings (SSSR count). The van der Waals surface area contributed by atoms with Crippen LogP contribution in [0, 0.1) is 20.8 Å².